The lowest BCUT2D eigenvalue weighted by atomic mass is 10.2. The van der Waals surface area contributed by atoms with Crippen molar-refractivity contribution in [2.45, 2.75) is 6.54 Å². The Morgan fingerprint density at radius 2 is 2.07 bits per heavy atom. The highest BCUT2D eigenvalue weighted by Crippen LogP contribution is 2.14. The molecule has 0 unspecified atom stereocenters. The number of nitrogen functional groups attached to an aromatic ring is 1. The molecule has 0 spiro atoms. The predicted molar refractivity (Wildman–Crippen MR) is 54.8 cm³/mol. The number of hydrogen-bond acceptors (Lipinski definition) is 3. The minimum atomic E-state index is -0.358. The molecule has 1 aromatic rings. The number of anilines is 1. The summed E-state index contributed by atoms with van der Waals surface area (Å²) in [7, 11) is 0. The van der Waals surface area contributed by atoms with Crippen molar-refractivity contribution in [1.29, 1.82) is 0 Å². The van der Waals surface area contributed by atoms with E-state index in [0.717, 1.165) is 10.5 Å². The van der Waals surface area contributed by atoms with E-state index in [1.54, 1.807) is 12.1 Å². The van der Waals surface area contributed by atoms with Crippen LogP contribution in [0.4, 0.5) is 10.5 Å². The van der Waals surface area contributed by atoms with E-state index >= 15 is 0 Å². The molecule has 1 aliphatic rings. The lowest BCUT2D eigenvalue weighted by molar-refractivity contribution is -0.125. The van der Waals surface area contributed by atoms with Gasteiger partial charge in [-0.3, -0.25) is 9.69 Å². The molecule has 2 rings (SSSR count). The Kier molecular flexibility index (Phi) is 2.29. The van der Waals surface area contributed by atoms with Crippen LogP contribution in [0.25, 0.3) is 0 Å². The number of nitrogens with two attached hydrogens (primary N) is 1. The zero-order valence-corrected chi connectivity index (χ0v) is 8.06. The van der Waals surface area contributed by atoms with Gasteiger partial charge in [0.2, 0.25) is 5.91 Å². The highest BCUT2D eigenvalue weighted by molar-refractivity contribution is 6.01. The summed E-state index contributed by atoms with van der Waals surface area (Å²) in [5.74, 6) is -0.219. The number of benzene rings is 1. The van der Waals surface area contributed by atoms with Crippen molar-refractivity contribution in [2.75, 3.05) is 12.3 Å². The molecule has 1 aliphatic heterocycles. The first kappa shape index (κ1) is 9.51. The van der Waals surface area contributed by atoms with Crippen LogP contribution in [-0.2, 0) is 11.3 Å². The second-order valence-corrected chi connectivity index (χ2v) is 3.34. The Bertz CT molecular complexity index is 401. The normalized spacial score (nSPS) is 15.6. The molecule has 1 heterocycles. The van der Waals surface area contributed by atoms with Crippen molar-refractivity contribution in [3.63, 3.8) is 0 Å². The van der Waals surface area contributed by atoms with Crippen LogP contribution in [-0.4, -0.2) is 23.4 Å². The number of carbonyl (C=O) groups is 2. The zero-order chi connectivity index (χ0) is 10.8. The topological polar surface area (TPSA) is 75.4 Å². The van der Waals surface area contributed by atoms with Gasteiger partial charge in [-0.1, -0.05) is 18.2 Å². The molecule has 0 bridgehead atoms. The highest BCUT2D eigenvalue weighted by Gasteiger charge is 2.28. The quantitative estimate of drug-likeness (QED) is 0.539. The number of amides is 3. The Morgan fingerprint density at radius 1 is 1.33 bits per heavy atom. The van der Waals surface area contributed by atoms with Gasteiger partial charge in [0.05, 0.1) is 13.1 Å². The third-order valence-corrected chi connectivity index (χ3v) is 2.32. The van der Waals surface area contributed by atoms with Gasteiger partial charge in [-0.25, -0.2) is 4.79 Å². The number of nitrogens with one attached hydrogen (secondary N) is 1. The SMILES string of the molecule is Nc1ccccc1CN1C(=O)CNC1=O. The van der Waals surface area contributed by atoms with Gasteiger partial charge in [-0.05, 0) is 11.6 Å². The molecule has 1 fully saturated rings. The molecule has 0 atom stereocenters. The van der Waals surface area contributed by atoms with Gasteiger partial charge in [-0.15, -0.1) is 0 Å². The maximum atomic E-state index is 11.3. The maximum absolute atomic E-state index is 11.3. The van der Waals surface area contributed by atoms with Gasteiger partial charge in [-0.2, -0.15) is 0 Å². The molecule has 15 heavy (non-hydrogen) atoms. The summed E-state index contributed by atoms with van der Waals surface area (Å²) in [6.07, 6.45) is 0. The first-order valence-corrected chi connectivity index (χ1v) is 4.60. The first-order valence-electron chi connectivity index (χ1n) is 4.60. The molecular weight excluding hydrogens is 194 g/mol. The number of imide groups is 1. The maximum Gasteiger partial charge on any atom is 0.324 e. The minimum Gasteiger partial charge on any atom is -0.398 e. The van der Waals surface area contributed by atoms with Crippen LogP contribution < -0.4 is 11.1 Å². The third kappa shape index (κ3) is 1.76. The Labute approximate surface area is 86.9 Å². The second kappa shape index (κ2) is 3.61. The molecule has 3 amide bonds. The summed E-state index contributed by atoms with van der Waals surface area (Å²) in [4.78, 5) is 23.7. The lowest BCUT2D eigenvalue weighted by Gasteiger charge is -2.13. The number of para-hydroxylation sites is 1. The summed E-state index contributed by atoms with van der Waals surface area (Å²) >= 11 is 0. The summed E-state index contributed by atoms with van der Waals surface area (Å²) < 4.78 is 0. The number of nitrogens with zero attached hydrogens (tertiary/aromatic N) is 1. The molecule has 0 saturated carbocycles. The predicted octanol–water partition coefficient (Wildman–Crippen LogP) is 0.321. The zero-order valence-electron chi connectivity index (χ0n) is 8.06. The van der Waals surface area contributed by atoms with Gasteiger partial charge in [0, 0.05) is 5.69 Å². The van der Waals surface area contributed by atoms with E-state index < -0.39 is 0 Å². The van der Waals surface area contributed by atoms with Crippen LogP contribution >= 0.6 is 0 Å². The molecule has 5 nitrogen and oxygen atoms in total. The van der Waals surface area contributed by atoms with E-state index in [-0.39, 0.29) is 25.0 Å². The molecule has 78 valence electrons. The van der Waals surface area contributed by atoms with Crippen LogP contribution in [0.15, 0.2) is 24.3 Å². The van der Waals surface area contributed by atoms with E-state index in [0.29, 0.717) is 5.69 Å². The molecular formula is C10H11N3O2. The van der Waals surface area contributed by atoms with E-state index in [9.17, 15) is 9.59 Å². The van der Waals surface area contributed by atoms with Crippen LogP contribution in [0.5, 0.6) is 0 Å². The van der Waals surface area contributed by atoms with Crippen LogP contribution in [0, 0.1) is 0 Å². The molecule has 3 N–H and O–H groups in total. The van der Waals surface area contributed by atoms with Gasteiger partial charge in [0.15, 0.2) is 0 Å². The average molecular weight is 205 g/mol. The molecule has 1 saturated heterocycles. The van der Waals surface area contributed by atoms with Crippen LogP contribution in [0.1, 0.15) is 5.56 Å². The molecule has 0 aliphatic carbocycles. The van der Waals surface area contributed by atoms with E-state index in [1.165, 1.54) is 0 Å². The van der Waals surface area contributed by atoms with Crippen molar-refractivity contribution in [2.24, 2.45) is 0 Å². The largest absolute Gasteiger partial charge is 0.398 e. The van der Waals surface area contributed by atoms with E-state index in [2.05, 4.69) is 5.32 Å². The molecule has 1 aromatic carbocycles. The molecule has 0 radical (unpaired) electrons. The van der Waals surface area contributed by atoms with Crippen molar-refractivity contribution < 1.29 is 9.59 Å². The third-order valence-electron chi connectivity index (χ3n) is 2.32. The van der Waals surface area contributed by atoms with Gasteiger partial charge < -0.3 is 11.1 Å². The summed E-state index contributed by atoms with van der Waals surface area (Å²) in [5.41, 5.74) is 7.09. The Hall–Kier alpha value is -2.04. The first-order chi connectivity index (χ1) is 7.18. The smallest absolute Gasteiger partial charge is 0.324 e. The van der Waals surface area contributed by atoms with Crippen LogP contribution in [0.3, 0.4) is 0 Å². The van der Waals surface area contributed by atoms with Crippen molar-refractivity contribution in [1.82, 2.24) is 10.2 Å². The summed E-state index contributed by atoms with van der Waals surface area (Å²) in [6.45, 7) is 0.308. The van der Waals surface area contributed by atoms with E-state index in [4.69, 9.17) is 5.73 Å². The van der Waals surface area contributed by atoms with Crippen molar-refractivity contribution in [3.05, 3.63) is 29.8 Å². The summed E-state index contributed by atoms with van der Waals surface area (Å²) in [5, 5.41) is 2.46. The Balaban J connectivity index is 2.18. The van der Waals surface area contributed by atoms with E-state index in [1.807, 2.05) is 12.1 Å². The van der Waals surface area contributed by atoms with Crippen LogP contribution in [0.2, 0.25) is 0 Å². The monoisotopic (exact) mass is 205 g/mol. The number of urea groups is 1. The average Bonchev–Trinajstić information content (AvgIpc) is 2.53. The fourth-order valence-corrected chi connectivity index (χ4v) is 1.46. The van der Waals surface area contributed by atoms with Gasteiger partial charge in [0.25, 0.3) is 0 Å². The number of hydrogen-bond donors (Lipinski definition) is 2. The second-order valence-electron chi connectivity index (χ2n) is 3.34. The van der Waals surface area contributed by atoms with Crippen molar-refractivity contribution >= 4 is 17.6 Å². The highest BCUT2D eigenvalue weighted by atomic mass is 16.2. The summed E-state index contributed by atoms with van der Waals surface area (Å²) in [6, 6.07) is 6.82. The molecule has 0 aromatic heterocycles. The minimum absolute atomic E-state index is 0.0750. The number of rotatable bonds is 2. The van der Waals surface area contributed by atoms with Crippen molar-refractivity contribution in [3.8, 4) is 0 Å². The van der Waals surface area contributed by atoms with Gasteiger partial charge >= 0.3 is 6.03 Å². The Morgan fingerprint density at radius 3 is 2.67 bits per heavy atom. The number of carbonyl (C=O) groups excluding carboxylic acids is 2. The lowest BCUT2D eigenvalue weighted by Crippen LogP contribution is -2.30. The standard InChI is InChI=1S/C10H11N3O2/c11-8-4-2-1-3-7(8)6-13-9(14)5-12-10(13)15/h1-4H,5-6,11H2,(H,12,15). The molecule has 5 heteroatoms. The van der Waals surface area contributed by atoms with Gasteiger partial charge in [0.1, 0.15) is 0 Å². The fraction of sp³-hybridized carbons (Fsp3) is 0.200. The fourth-order valence-electron chi connectivity index (χ4n) is 1.46.